The lowest BCUT2D eigenvalue weighted by Crippen LogP contribution is -2.29. The lowest BCUT2D eigenvalue weighted by molar-refractivity contribution is 0.184. The molecule has 0 radical (unpaired) electrons. The van der Waals surface area contributed by atoms with Gasteiger partial charge in [-0.2, -0.15) is 10.2 Å². The second-order valence-corrected chi connectivity index (χ2v) is 8.09. The Balaban J connectivity index is 1.59. The fourth-order valence-electron chi connectivity index (χ4n) is 3.87. The first-order valence-electron chi connectivity index (χ1n) is 11.4. The average molecular weight is 475 g/mol. The van der Waals surface area contributed by atoms with E-state index in [4.69, 9.17) is 14.6 Å². The van der Waals surface area contributed by atoms with Crippen LogP contribution in [0, 0.1) is 6.92 Å². The quantitative estimate of drug-likeness (QED) is 0.374. The second-order valence-electron chi connectivity index (χ2n) is 8.09. The predicted octanol–water partition coefficient (Wildman–Crippen LogP) is 4.45. The van der Waals surface area contributed by atoms with E-state index in [-0.39, 0.29) is 6.03 Å². The Morgan fingerprint density at radius 2 is 1.94 bits per heavy atom. The molecule has 2 heterocycles. The first-order valence-corrected chi connectivity index (χ1v) is 11.4. The molecule has 0 aliphatic carbocycles. The third kappa shape index (κ3) is 5.52. The van der Waals surface area contributed by atoms with Crippen LogP contribution in [0.3, 0.4) is 0 Å². The van der Waals surface area contributed by atoms with Crippen LogP contribution in [0.15, 0.2) is 60.9 Å². The zero-order chi connectivity index (χ0) is 24.8. The van der Waals surface area contributed by atoms with Gasteiger partial charge in [-0.1, -0.05) is 24.3 Å². The molecule has 0 aliphatic heterocycles. The van der Waals surface area contributed by atoms with Gasteiger partial charge in [0.05, 0.1) is 25.1 Å². The van der Waals surface area contributed by atoms with Gasteiger partial charge in [0, 0.05) is 43.6 Å². The Labute approximate surface area is 204 Å². The number of benzene rings is 2. The number of ether oxygens (including phenoxy) is 2. The lowest BCUT2D eigenvalue weighted by atomic mass is 10.1. The normalized spacial score (nSPS) is 10.9. The topological polar surface area (TPSA) is 95.2 Å². The summed E-state index contributed by atoms with van der Waals surface area (Å²) in [6.45, 7) is 5.19. The molecule has 0 saturated heterocycles. The van der Waals surface area contributed by atoms with Crippen molar-refractivity contribution in [2.75, 3.05) is 19.0 Å². The molecule has 0 atom stereocenters. The van der Waals surface area contributed by atoms with Crippen LogP contribution < -0.4 is 15.4 Å². The van der Waals surface area contributed by atoms with Gasteiger partial charge in [0.25, 0.3) is 0 Å². The minimum absolute atomic E-state index is 0.298. The lowest BCUT2D eigenvalue weighted by Gasteiger charge is -2.14. The van der Waals surface area contributed by atoms with E-state index in [9.17, 15) is 4.79 Å². The SMILES string of the molecule is CCOc1ccc(COC)cc1CNC(=O)Nc1c(C)c(-c2cnn(C)c2)nn1-c1ccccc1. The first kappa shape index (κ1) is 24.0. The summed E-state index contributed by atoms with van der Waals surface area (Å²) in [7, 11) is 3.51. The summed E-state index contributed by atoms with van der Waals surface area (Å²) in [6, 6.07) is 15.2. The van der Waals surface area contributed by atoms with E-state index in [1.165, 1.54) is 0 Å². The van der Waals surface area contributed by atoms with Gasteiger partial charge in [0.1, 0.15) is 17.3 Å². The molecule has 0 spiro atoms. The minimum atomic E-state index is -0.345. The number of rotatable bonds is 9. The molecule has 182 valence electrons. The Morgan fingerprint density at radius 3 is 2.63 bits per heavy atom. The molecule has 4 aromatic rings. The summed E-state index contributed by atoms with van der Waals surface area (Å²) in [5, 5.41) is 15.0. The van der Waals surface area contributed by atoms with Gasteiger partial charge >= 0.3 is 6.03 Å². The van der Waals surface area contributed by atoms with Crippen molar-refractivity contribution < 1.29 is 14.3 Å². The maximum Gasteiger partial charge on any atom is 0.320 e. The Bertz CT molecular complexity index is 1300. The van der Waals surface area contributed by atoms with E-state index in [0.717, 1.165) is 39.4 Å². The number of carbonyl (C=O) groups excluding carboxylic acids is 1. The number of anilines is 1. The van der Waals surface area contributed by atoms with Crippen LogP contribution in [0.2, 0.25) is 0 Å². The summed E-state index contributed by atoms with van der Waals surface area (Å²) in [5.74, 6) is 1.32. The molecule has 4 rings (SSSR count). The van der Waals surface area contributed by atoms with Crippen molar-refractivity contribution in [3.05, 3.63) is 77.6 Å². The molecule has 0 bridgehead atoms. The van der Waals surface area contributed by atoms with E-state index in [0.29, 0.717) is 25.6 Å². The van der Waals surface area contributed by atoms with Crippen molar-refractivity contribution in [3.63, 3.8) is 0 Å². The summed E-state index contributed by atoms with van der Waals surface area (Å²) < 4.78 is 14.4. The van der Waals surface area contributed by atoms with Crippen LogP contribution in [-0.4, -0.2) is 39.3 Å². The van der Waals surface area contributed by atoms with E-state index < -0.39 is 0 Å². The molecule has 0 fully saturated rings. The number of carbonyl (C=O) groups is 1. The van der Waals surface area contributed by atoms with Crippen LogP contribution in [0.4, 0.5) is 10.6 Å². The van der Waals surface area contributed by atoms with Gasteiger partial charge in [-0.25, -0.2) is 9.48 Å². The number of aryl methyl sites for hydroxylation is 1. The Kier molecular flexibility index (Phi) is 7.47. The average Bonchev–Trinajstić information content (AvgIpc) is 3.43. The van der Waals surface area contributed by atoms with Crippen LogP contribution in [0.25, 0.3) is 16.9 Å². The van der Waals surface area contributed by atoms with Crippen molar-refractivity contribution in [1.82, 2.24) is 24.9 Å². The summed E-state index contributed by atoms with van der Waals surface area (Å²) in [4.78, 5) is 13.0. The molecule has 0 aliphatic rings. The molecule has 0 saturated carbocycles. The van der Waals surface area contributed by atoms with Crippen molar-refractivity contribution in [2.24, 2.45) is 7.05 Å². The number of nitrogens with zero attached hydrogens (tertiary/aromatic N) is 4. The third-order valence-corrected chi connectivity index (χ3v) is 5.51. The van der Waals surface area contributed by atoms with Crippen LogP contribution in [0.1, 0.15) is 23.6 Å². The largest absolute Gasteiger partial charge is 0.494 e. The van der Waals surface area contributed by atoms with Gasteiger partial charge < -0.3 is 14.8 Å². The number of aromatic nitrogens is 4. The molecule has 9 heteroatoms. The molecular weight excluding hydrogens is 444 g/mol. The number of methoxy groups -OCH3 is 1. The molecule has 2 amide bonds. The highest BCUT2D eigenvalue weighted by Crippen LogP contribution is 2.30. The number of urea groups is 1. The highest BCUT2D eigenvalue weighted by atomic mass is 16.5. The molecule has 35 heavy (non-hydrogen) atoms. The fourth-order valence-corrected chi connectivity index (χ4v) is 3.87. The van der Waals surface area contributed by atoms with E-state index in [1.807, 2.05) is 75.6 Å². The van der Waals surface area contributed by atoms with Gasteiger partial charge in [-0.3, -0.25) is 10.00 Å². The predicted molar refractivity (Wildman–Crippen MR) is 135 cm³/mol. The van der Waals surface area contributed by atoms with Gasteiger partial charge in [-0.05, 0) is 43.7 Å². The van der Waals surface area contributed by atoms with Gasteiger partial charge in [0.2, 0.25) is 0 Å². The second kappa shape index (κ2) is 10.9. The Morgan fingerprint density at radius 1 is 1.14 bits per heavy atom. The van der Waals surface area contributed by atoms with E-state index in [2.05, 4.69) is 15.7 Å². The number of hydrogen-bond acceptors (Lipinski definition) is 5. The molecular formula is C26H30N6O3. The number of nitrogens with one attached hydrogen (secondary N) is 2. The fraction of sp³-hybridized carbons (Fsp3) is 0.269. The summed E-state index contributed by atoms with van der Waals surface area (Å²) in [5.41, 5.74) is 5.19. The first-order chi connectivity index (χ1) is 17.0. The van der Waals surface area contributed by atoms with Gasteiger partial charge in [-0.15, -0.1) is 0 Å². The van der Waals surface area contributed by atoms with E-state index in [1.54, 1.807) is 22.7 Å². The molecule has 2 aromatic carbocycles. The van der Waals surface area contributed by atoms with Crippen LogP contribution in [-0.2, 0) is 24.9 Å². The highest BCUT2D eigenvalue weighted by Gasteiger charge is 2.20. The third-order valence-electron chi connectivity index (χ3n) is 5.51. The van der Waals surface area contributed by atoms with Crippen LogP contribution >= 0.6 is 0 Å². The maximum atomic E-state index is 13.0. The van der Waals surface area contributed by atoms with Crippen molar-refractivity contribution in [1.29, 1.82) is 0 Å². The Hall–Kier alpha value is -4.11. The van der Waals surface area contributed by atoms with Crippen molar-refractivity contribution in [2.45, 2.75) is 27.0 Å². The van der Waals surface area contributed by atoms with Gasteiger partial charge in [0.15, 0.2) is 0 Å². The minimum Gasteiger partial charge on any atom is -0.494 e. The zero-order valence-electron chi connectivity index (χ0n) is 20.4. The summed E-state index contributed by atoms with van der Waals surface area (Å²) in [6.07, 6.45) is 3.66. The molecule has 0 unspecified atom stereocenters. The number of hydrogen-bond donors (Lipinski definition) is 2. The number of amides is 2. The monoisotopic (exact) mass is 474 g/mol. The molecule has 9 nitrogen and oxygen atoms in total. The smallest absolute Gasteiger partial charge is 0.320 e. The molecule has 2 aromatic heterocycles. The number of para-hydroxylation sites is 1. The van der Waals surface area contributed by atoms with Crippen molar-refractivity contribution in [3.8, 4) is 22.7 Å². The maximum absolute atomic E-state index is 13.0. The summed E-state index contributed by atoms with van der Waals surface area (Å²) >= 11 is 0. The van der Waals surface area contributed by atoms with E-state index >= 15 is 0 Å². The molecule has 2 N–H and O–H groups in total. The van der Waals surface area contributed by atoms with Crippen molar-refractivity contribution >= 4 is 11.8 Å². The zero-order valence-corrected chi connectivity index (χ0v) is 20.4. The standard InChI is InChI=1S/C26H30N6O3/c1-5-35-23-12-11-19(17-34-4)13-20(23)14-27-26(33)29-25-18(2)24(21-15-28-31(3)16-21)30-32(25)22-9-7-6-8-10-22/h6-13,15-16H,5,14,17H2,1-4H3,(H2,27,29,33). The highest BCUT2D eigenvalue weighted by molar-refractivity contribution is 5.90. The van der Waals surface area contributed by atoms with Crippen LogP contribution in [0.5, 0.6) is 5.75 Å².